The zero-order valence-corrected chi connectivity index (χ0v) is 14.7. The number of likely N-dealkylation sites (tertiary alicyclic amines) is 1. The summed E-state index contributed by atoms with van der Waals surface area (Å²) in [7, 11) is 1.76. The molecule has 1 aliphatic heterocycles. The SMILES string of the molecule is COCC1(CNC(=O)N2CCCC(Cn3ccnc3)C2)CCCC1. The summed E-state index contributed by atoms with van der Waals surface area (Å²) >= 11 is 0. The number of methoxy groups -OCH3 is 1. The highest BCUT2D eigenvalue weighted by atomic mass is 16.5. The van der Waals surface area contributed by atoms with Gasteiger partial charge in [-0.25, -0.2) is 9.78 Å². The minimum atomic E-state index is 0.0905. The van der Waals surface area contributed by atoms with Crippen molar-refractivity contribution in [3.8, 4) is 0 Å². The quantitative estimate of drug-likeness (QED) is 0.869. The van der Waals surface area contributed by atoms with Crippen molar-refractivity contribution in [3.63, 3.8) is 0 Å². The van der Waals surface area contributed by atoms with Crippen LogP contribution in [0.5, 0.6) is 0 Å². The Morgan fingerprint density at radius 1 is 1.38 bits per heavy atom. The minimum absolute atomic E-state index is 0.0905. The summed E-state index contributed by atoms with van der Waals surface area (Å²) in [5.41, 5.74) is 0.149. The number of aromatic nitrogens is 2. The van der Waals surface area contributed by atoms with Crippen molar-refractivity contribution < 1.29 is 9.53 Å². The average molecular weight is 334 g/mol. The maximum absolute atomic E-state index is 12.6. The molecular weight excluding hydrogens is 304 g/mol. The third-order valence-electron chi connectivity index (χ3n) is 5.56. The minimum Gasteiger partial charge on any atom is -0.384 e. The molecule has 1 aliphatic carbocycles. The molecule has 2 fully saturated rings. The zero-order valence-electron chi connectivity index (χ0n) is 14.7. The van der Waals surface area contributed by atoms with E-state index in [0.717, 1.165) is 52.0 Å². The smallest absolute Gasteiger partial charge is 0.317 e. The van der Waals surface area contributed by atoms with Crippen LogP contribution in [0.4, 0.5) is 4.79 Å². The van der Waals surface area contributed by atoms with Gasteiger partial charge >= 0.3 is 6.03 Å². The van der Waals surface area contributed by atoms with Crippen molar-refractivity contribution >= 4 is 6.03 Å². The number of nitrogens with one attached hydrogen (secondary N) is 1. The molecule has 0 bridgehead atoms. The first kappa shape index (κ1) is 17.3. The van der Waals surface area contributed by atoms with Crippen LogP contribution in [0, 0.1) is 11.3 Å². The molecule has 6 heteroatoms. The van der Waals surface area contributed by atoms with Gasteiger partial charge in [0.1, 0.15) is 0 Å². The van der Waals surface area contributed by atoms with Crippen molar-refractivity contribution in [2.24, 2.45) is 11.3 Å². The van der Waals surface area contributed by atoms with Gasteiger partial charge in [0, 0.05) is 51.1 Å². The third kappa shape index (κ3) is 4.29. The van der Waals surface area contributed by atoms with Crippen LogP contribution in [0.25, 0.3) is 0 Å². The molecule has 24 heavy (non-hydrogen) atoms. The normalized spacial score (nSPS) is 23.4. The van der Waals surface area contributed by atoms with Crippen LogP contribution >= 0.6 is 0 Å². The molecule has 1 N–H and O–H groups in total. The van der Waals surface area contributed by atoms with Crippen molar-refractivity contribution in [1.82, 2.24) is 19.8 Å². The van der Waals surface area contributed by atoms with Crippen LogP contribution in [-0.2, 0) is 11.3 Å². The highest BCUT2D eigenvalue weighted by Crippen LogP contribution is 2.37. The van der Waals surface area contributed by atoms with Gasteiger partial charge in [-0.3, -0.25) is 0 Å². The topological polar surface area (TPSA) is 59.4 Å². The molecule has 3 rings (SSSR count). The number of carbonyl (C=O) groups is 1. The summed E-state index contributed by atoms with van der Waals surface area (Å²) in [6.07, 6.45) is 12.7. The van der Waals surface area contributed by atoms with Gasteiger partial charge in [0.2, 0.25) is 0 Å². The van der Waals surface area contributed by atoms with Gasteiger partial charge in [0.25, 0.3) is 0 Å². The lowest BCUT2D eigenvalue weighted by Gasteiger charge is -2.35. The van der Waals surface area contributed by atoms with Crippen LogP contribution in [0.15, 0.2) is 18.7 Å². The summed E-state index contributed by atoms with van der Waals surface area (Å²) in [4.78, 5) is 18.7. The van der Waals surface area contributed by atoms with Gasteiger partial charge in [-0.1, -0.05) is 12.8 Å². The summed E-state index contributed by atoms with van der Waals surface area (Å²) < 4.78 is 7.52. The van der Waals surface area contributed by atoms with Crippen LogP contribution < -0.4 is 5.32 Å². The molecule has 6 nitrogen and oxygen atoms in total. The molecular formula is C18H30N4O2. The molecule has 0 spiro atoms. The molecule has 2 heterocycles. The molecule has 1 atom stereocenters. The predicted molar refractivity (Wildman–Crippen MR) is 92.7 cm³/mol. The second kappa shape index (κ2) is 8.01. The molecule has 0 aromatic carbocycles. The highest BCUT2D eigenvalue weighted by molar-refractivity contribution is 5.74. The molecule has 2 aliphatic rings. The lowest BCUT2D eigenvalue weighted by Crippen LogP contribution is -2.49. The second-order valence-electron chi connectivity index (χ2n) is 7.51. The standard InChI is InChI=1S/C18H30N4O2/c1-24-14-18(6-2-3-7-18)13-20-17(23)22-9-4-5-16(12-22)11-21-10-8-19-15-21/h8,10,15-16H,2-7,9,11-14H2,1H3,(H,20,23). The van der Waals surface area contributed by atoms with Crippen LogP contribution in [-0.4, -0.2) is 53.8 Å². The van der Waals surface area contributed by atoms with E-state index < -0.39 is 0 Å². The number of nitrogens with zero attached hydrogens (tertiary/aromatic N) is 3. The molecule has 1 aromatic rings. The zero-order chi connectivity index (χ0) is 16.8. The first-order valence-electron chi connectivity index (χ1n) is 9.18. The van der Waals surface area contributed by atoms with Gasteiger partial charge in [0.05, 0.1) is 12.9 Å². The maximum atomic E-state index is 12.6. The number of urea groups is 1. The van der Waals surface area contributed by atoms with E-state index in [1.165, 1.54) is 19.3 Å². The Labute approximate surface area is 144 Å². The monoisotopic (exact) mass is 334 g/mol. The first-order valence-corrected chi connectivity index (χ1v) is 9.18. The fraction of sp³-hybridized carbons (Fsp3) is 0.778. The Bertz CT molecular complexity index is 511. The number of ether oxygens (including phenoxy) is 1. The van der Waals surface area contributed by atoms with Gasteiger partial charge in [0.15, 0.2) is 0 Å². The number of carbonyl (C=O) groups excluding carboxylic acids is 1. The van der Waals surface area contributed by atoms with Gasteiger partial charge in [-0.05, 0) is 31.6 Å². The highest BCUT2D eigenvalue weighted by Gasteiger charge is 2.35. The molecule has 0 radical (unpaired) electrons. The summed E-state index contributed by atoms with van der Waals surface area (Å²) in [5, 5.41) is 3.19. The van der Waals surface area contributed by atoms with E-state index in [4.69, 9.17) is 4.74 Å². The number of piperidine rings is 1. The molecule has 1 unspecified atom stereocenters. The lowest BCUT2D eigenvalue weighted by atomic mass is 9.87. The van der Waals surface area contributed by atoms with Gasteiger partial charge in [-0.15, -0.1) is 0 Å². The molecule has 1 saturated carbocycles. The van der Waals surface area contributed by atoms with E-state index in [9.17, 15) is 4.79 Å². The Balaban J connectivity index is 1.49. The summed E-state index contributed by atoms with van der Waals surface area (Å²) in [6, 6.07) is 0.0905. The number of rotatable bonds is 6. The molecule has 1 saturated heterocycles. The number of imidazole rings is 1. The van der Waals surface area contributed by atoms with E-state index >= 15 is 0 Å². The van der Waals surface area contributed by atoms with Crippen LogP contribution in [0.3, 0.4) is 0 Å². The Kier molecular flexibility index (Phi) is 5.76. The molecule has 134 valence electrons. The van der Waals surface area contributed by atoms with Crippen molar-refractivity contribution in [1.29, 1.82) is 0 Å². The van der Waals surface area contributed by atoms with E-state index in [-0.39, 0.29) is 11.4 Å². The van der Waals surface area contributed by atoms with E-state index in [2.05, 4.69) is 14.9 Å². The molecule has 2 amide bonds. The average Bonchev–Trinajstić information content (AvgIpc) is 3.26. The van der Waals surface area contributed by atoms with Crippen molar-refractivity contribution in [2.45, 2.75) is 45.1 Å². The van der Waals surface area contributed by atoms with E-state index in [1.54, 1.807) is 7.11 Å². The summed E-state index contributed by atoms with van der Waals surface area (Å²) in [5.74, 6) is 0.512. The van der Waals surface area contributed by atoms with Gasteiger partial charge < -0.3 is 19.5 Å². The second-order valence-corrected chi connectivity index (χ2v) is 7.51. The maximum Gasteiger partial charge on any atom is 0.317 e. The van der Waals surface area contributed by atoms with Crippen LogP contribution in [0.2, 0.25) is 0 Å². The van der Waals surface area contributed by atoms with Crippen molar-refractivity contribution in [3.05, 3.63) is 18.7 Å². The van der Waals surface area contributed by atoms with E-state index in [0.29, 0.717) is 5.92 Å². The van der Waals surface area contributed by atoms with Crippen LogP contribution in [0.1, 0.15) is 38.5 Å². The largest absolute Gasteiger partial charge is 0.384 e. The number of amides is 2. The molecule has 1 aromatic heterocycles. The predicted octanol–water partition coefficient (Wildman–Crippen LogP) is 2.51. The van der Waals surface area contributed by atoms with Crippen molar-refractivity contribution in [2.75, 3.05) is 33.4 Å². The lowest BCUT2D eigenvalue weighted by molar-refractivity contribution is 0.0813. The Morgan fingerprint density at radius 2 is 2.21 bits per heavy atom. The number of hydrogen-bond acceptors (Lipinski definition) is 3. The fourth-order valence-corrected chi connectivity index (χ4v) is 4.27. The summed E-state index contributed by atoms with van der Waals surface area (Å²) in [6.45, 7) is 4.13. The Hall–Kier alpha value is -1.56. The van der Waals surface area contributed by atoms with Gasteiger partial charge in [-0.2, -0.15) is 0 Å². The van der Waals surface area contributed by atoms with E-state index in [1.807, 2.05) is 23.6 Å². The fourth-order valence-electron chi connectivity index (χ4n) is 4.27. The Morgan fingerprint density at radius 3 is 2.92 bits per heavy atom. The first-order chi connectivity index (χ1) is 11.7. The third-order valence-corrected chi connectivity index (χ3v) is 5.56. The number of hydrogen-bond donors (Lipinski definition) is 1.